The number of nitrogens with zero attached hydrogens (tertiary/aromatic N) is 2. The average Bonchev–Trinajstić information content (AvgIpc) is 2.64. The van der Waals surface area contributed by atoms with Gasteiger partial charge in [-0.25, -0.2) is 0 Å². The van der Waals surface area contributed by atoms with E-state index in [-0.39, 0.29) is 11.8 Å². The van der Waals surface area contributed by atoms with Crippen molar-refractivity contribution in [2.45, 2.75) is 38.1 Å². The largest absolute Gasteiger partial charge is 0.355 e. The second-order valence-electron chi connectivity index (χ2n) is 7.54. The van der Waals surface area contributed by atoms with Gasteiger partial charge in [-0.05, 0) is 76.5 Å². The van der Waals surface area contributed by atoms with Gasteiger partial charge in [0.2, 0.25) is 5.91 Å². The molecule has 2 aliphatic rings. The number of amides is 1. The van der Waals surface area contributed by atoms with Gasteiger partial charge in [-0.1, -0.05) is 23.7 Å². The summed E-state index contributed by atoms with van der Waals surface area (Å²) in [7, 11) is 2.20. The smallest absolute Gasteiger partial charge is 0.224 e. The van der Waals surface area contributed by atoms with Crippen LogP contribution in [-0.2, 0) is 11.2 Å². The van der Waals surface area contributed by atoms with Crippen LogP contribution in [0.15, 0.2) is 24.3 Å². The van der Waals surface area contributed by atoms with Gasteiger partial charge in [-0.2, -0.15) is 0 Å². The van der Waals surface area contributed by atoms with Crippen LogP contribution in [0.3, 0.4) is 0 Å². The van der Waals surface area contributed by atoms with Gasteiger partial charge in [0, 0.05) is 24.2 Å². The minimum Gasteiger partial charge on any atom is -0.355 e. The van der Waals surface area contributed by atoms with Crippen LogP contribution in [0.25, 0.3) is 0 Å². The van der Waals surface area contributed by atoms with Crippen molar-refractivity contribution in [2.24, 2.45) is 5.92 Å². The van der Waals surface area contributed by atoms with E-state index in [1.54, 1.807) is 0 Å². The first-order chi connectivity index (χ1) is 12.1. The van der Waals surface area contributed by atoms with Gasteiger partial charge < -0.3 is 10.2 Å². The summed E-state index contributed by atoms with van der Waals surface area (Å²) in [6.45, 7) is 5.15. The number of carbonyl (C=O) groups excluding carboxylic acids is 1. The Labute approximate surface area is 156 Å². The number of hydrogen-bond acceptors (Lipinski definition) is 3. The topological polar surface area (TPSA) is 35.6 Å². The molecule has 1 aromatic rings. The Hall–Kier alpha value is -1.10. The number of nitrogens with one attached hydrogen (secondary N) is 1. The number of rotatable bonds is 5. The molecule has 3 rings (SSSR count). The fraction of sp³-hybridized carbons (Fsp3) is 0.650. The molecule has 0 radical (unpaired) electrons. The molecule has 138 valence electrons. The predicted molar refractivity (Wildman–Crippen MR) is 103 cm³/mol. The third-order valence-corrected chi connectivity index (χ3v) is 5.91. The molecule has 1 atom stereocenters. The molecule has 0 saturated carbocycles. The first kappa shape index (κ1) is 18.7. The van der Waals surface area contributed by atoms with E-state index in [0.717, 1.165) is 37.4 Å². The van der Waals surface area contributed by atoms with E-state index in [1.807, 2.05) is 24.3 Å². The Morgan fingerprint density at radius 2 is 1.88 bits per heavy atom. The molecule has 1 aromatic carbocycles. The molecule has 0 spiro atoms. The Morgan fingerprint density at radius 3 is 2.60 bits per heavy atom. The summed E-state index contributed by atoms with van der Waals surface area (Å²) < 4.78 is 0. The lowest BCUT2D eigenvalue weighted by molar-refractivity contribution is -0.127. The molecule has 2 fully saturated rings. The van der Waals surface area contributed by atoms with Crippen molar-refractivity contribution in [3.05, 3.63) is 34.9 Å². The first-order valence-corrected chi connectivity index (χ1v) is 9.94. The highest BCUT2D eigenvalue weighted by Crippen LogP contribution is 2.23. The van der Waals surface area contributed by atoms with E-state index in [2.05, 4.69) is 22.2 Å². The summed E-state index contributed by atoms with van der Waals surface area (Å²) in [6, 6.07) is 8.52. The summed E-state index contributed by atoms with van der Waals surface area (Å²) >= 11 is 5.91. The van der Waals surface area contributed by atoms with E-state index in [1.165, 1.54) is 31.5 Å². The molecule has 1 amide bonds. The molecular formula is C20H30ClN3O. The van der Waals surface area contributed by atoms with E-state index in [4.69, 9.17) is 11.6 Å². The van der Waals surface area contributed by atoms with Gasteiger partial charge in [-0.15, -0.1) is 0 Å². The minimum absolute atomic E-state index is 0.152. The van der Waals surface area contributed by atoms with Crippen molar-refractivity contribution in [3.8, 4) is 0 Å². The number of halogens is 1. The molecule has 1 N–H and O–H groups in total. The number of benzene rings is 1. The summed E-state index contributed by atoms with van der Waals surface area (Å²) in [5.41, 5.74) is 1.21. The molecule has 25 heavy (non-hydrogen) atoms. The fourth-order valence-electron chi connectivity index (χ4n) is 4.04. The van der Waals surface area contributed by atoms with E-state index in [9.17, 15) is 4.79 Å². The maximum absolute atomic E-state index is 12.6. The lowest BCUT2D eigenvalue weighted by Crippen LogP contribution is -2.50. The molecule has 0 bridgehead atoms. The van der Waals surface area contributed by atoms with Crippen LogP contribution in [-0.4, -0.2) is 61.5 Å². The molecule has 2 heterocycles. The molecular weight excluding hydrogens is 334 g/mol. The maximum Gasteiger partial charge on any atom is 0.224 e. The van der Waals surface area contributed by atoms with Gasteiger partial charge in [0.15, 0.2) is 0 Å². The lowest BCUT2D eigenvalue weighted by Gasteiger charge is -2.41. The highest BCUT2D eigenvalue weighted by molar-refractivity contribution is 6.30. The second kappa shape index (κ2) is 9.02. The number of carbonyl (C=O) groups is 1. The Bertz CT molecular complexity index is 555. The zero-order valence-electron chi connectivity index (χ0n) is 15.2. The third kappa shape index (κ3) is 5.44. The van der Waals surface area contributed by atoms with Crippen molar-refractivity contribution in [1.29, 1.82) is 0 Å². The number of hydrogen-bond donors (Lipinski definition) is 1. The van der Waals surface area contributed by atoms with Gasteiger partial charge in [0.1, 0.15) is 0 Å². The lowest BCUT2D eigenvalue weighted by atomic mass is 9.93. The SMILES string of the molecule is CN1CCC(N2CCC[C@@H](C(=O)NCCc3ccc(Cl)cc3)C2)CC1. The summed E-state index contributed by atoms with van der Waals surface area (Å²) in [6.07, 6.45) is 5.49. The molecule has 0 unspecified atom stereocenters. The highest BCUT2D eigenvalue weighted by atomic mass is 35.5. The predicted octanol–water partition coefficient (Wildman–Crippen LogP) is 2.80. The van der Waals surface area contributed by atoms with Gasteiger partial charge in [-0.3, -0.25) is 9.69 Å². The molecule has 0 aromatic heterocycles. The van der Waals surface area contributed by atoms with Crippen molar-refractivity contribution < 1.29 is 4.79 Å². The number of piperidine rings is 2. The van der Waals surface area contributed by atoms with Crippen LogP contribution < -0.4 is 5.32 Å². The van der Waals surface area contributed by atoms with Gasteiger partial charge in [0.05, 0.1) is 5.92 Å². The Morgan fingerprint density at radius 1 is 1.16 bits per heavy atom. The van der Waals surface area contributed by atoms with E-state index >= 15 is 0 Å². The molecule has 5 heteroatoms. The zero-order chi connectivity index (χ0) is 17.6. The molecule has 4 nitrogen and oxygen atoms in total. The van der Waals surface area contributed by atoms with Crippen molar-refractivity contribution in [3.63, 3.8) is 0 Å². The Balaban J connectivity index is 1.43. The van der Waals surface area contributed by atoms with Crippen molar-refractivity contribution >= 4 is 17.5 Å². The van der Waals surface area contributed by atoms with Crippen LogP contribution in [0.5, 0.6) is 0 Å². The van der Waals surface area contributed by atoms with Crippen LogP contribution >= 0.6 is 11.6 Å². The third-order valence-electron chi connectivity index (χ3n) is 5.65. The number of likely N-dealkylation sites (tertiary alicyclic amines) is 2. The zero-order valence-corrected chi connectivity index (χ0v) is 16.0. The monoisotopic (exact) mass is 363 g/mol. The van der Waals surface area contributed by atoms with Crippen LogP contribution in [0, 0.1) is 5.92 Å². The first-order valence-electron chi connectivity index (χ1n) is 9.56. The highest BCUT2D eigenvalue weighted by Gasteiger charge is 2.30. The van der Waals surface area contributed by atoms with E-state index < -0.39 is 0 Å². The summed E-state index contributed by atoms with van der Waals surface area (Å²) in [4.78, 5) is 17.5. The standard InChI is InChI=1S/C20H30ClN3O/c1-23-13-9-19(10-14-23)24-12-2-3-17(15-24)20(25)22-11-8-16-4-6-18(21)7-5-16/h4-7,17,19H,2-3,8-15H2,1H3,(H,22,25)/t17-/m1/s1. The quantitative estimate of drug-likeness (QED) is 0.873. The molecule has 2 aliphatic heterocycles. The average molecular weight is 364 g/mol. The van der Waals surface area contributed by atoms with Crippen LogP contribution in [0.1, 0.15) is 31.2 Å². The second-order valence-corrected chi connectivity index (χ2v) is 7.97. The Kier molecular flexibility index (Phi) is 6.74. The van der Waals surface area contributed by atoms with Crippen molar-refractivity contribution in [1.82, 2.24) is 15.1 Å². The molecule has 0 aliphatic carbocycles. The summed E-state index contributed by atoms with van der Waals surface area (Å²) in [5.74, 6) is 0.380. The maximum atomic E-state index is 12.6. The van der Waals surface area contributed by atoms with Crippen LogP contribution in [0.2, 0.25) is 5.02 Å². The van der Waals surface area contributed by atoms with Crippen molar-refractivity contribution in [2.75, 3.05) is 39.8 Å². The fourth-order valence-corrected chi connectivity index (χ4v) is 4.16. The van der Waals surface area contributed by atoms with Gasteiger partial charge >= 0.3 is 0 Å². The van der Waals surface area contributed by atoms with Crippen LogP contribution in [0.4, 0.5) is 0 Å². The van der Waals surface area contributed by atoms with Gasteiger partial charge in [0.25, 0.3) is 0 Å². The normalized spacial score (nSPS) is 23.5. The molecule has 2 saturated heterocycles. The van der Waals surface area contributed by atoms with E-state index in [0.29, 0.717) is 12.6 Å². The minimum atomic E-state index is 0.152. The summed E-state index contributed by atoms with van der Waals surface area (Å²) in [5, 5.41) is 3.89.